The third-order valence-electron chi connectivity index (χ3n) is 2.96. The Bertz CT molecular complexity index is 715. The molecular weight excluding hydrogens is 316 g/mol. The predicted molar refractivity (Wildman–Crippen MR) is 88.4 cm³/mol. The highest BCUT2D eigenvalue weighted by Crippen LogP contribution is 2.09. The smallest absolute Gasteiger partial charge is 0.259 e. The second-order valence-corrected chi connectivity index (χ2v) is 5.09. The number of nitrogens with one attached hydrogen (secondary N) is 2. The Morgan fingerprint density at radius 2 is 1.74 bits per heavy atom. The number of hydrogen-bond acceptors (Lipinski definition) is 4. The van der Waals surface area contributed by atoms with E-state index in [9.17, 15) is 9.59 Å². The van der Waals surface area contributed by atoms with Crippen molar-refractivity contribution < 1.29 is 9.59 Å². The maximum atomic E-state index is 11.8. The zero-order valence-corrected chi connectivity index (χ0v) is 13.2. The van der Waals surface area contributed by atoms with Gasteiger partial charge in [-0.3, -0.25) is 14.6 Å². The van der Waals surface area contributed by atoms with Crippen LogP contribution in [-0.2, 0) is 4.79 Å². The van der Waals surface area contributed by atoms with Crippen molar-refractivity contribution in [1.82, 2.24) is 15.7 Å². The molecule has 23 heavy (non-hydrogen) atoms. The number of nitrogens with zero attached hydrogens (tertiary/aromatic N) is 2. The summed E-state index contributed by atoms with van der Waals surface area (Å²) in [6.07, 6.45) is 3.02. The minimum atomic E-state index is -0.416. The SMILES string of the molecule is CC(=NNC(=O)CNC(=O)c1ccncc1)c1ccc(Cl)cc1. The van der Waals surface area contributed by atoms with Gasteiger partial charge in [0.2, 0.25) is 0 Å². The Hall–Kier alpha value is -2.73. The van der Waals surface area contributed by atoms with E-state index < -0.39 is 5.91 Å². The topological polar surface area (TPSA) is 83.5 Å². The van der Waals surface area contributed by atoms with Crippen LogP contribution >= 0.6 is 11.6 Å². The van der Waals surface area contributed by atoms with Gasteiger partial charge in [-0.25, -0.2) is 5.43 Å². The maximum Gasteiger partial charge on any atom is 0.259 e. The summed E-state index contributed by atoms with van der Waals surface area (Å²) >= 11 is 5.81. The van der Waals surface area contributed by atoms with E-state index in [1.807, 2.05) is 0 Å². The standard InChI is InChI=1S/C16H15ClN4O2/c1-11(12-2-4-14(17)5-3-12)20-21-15(22)10-19-16(23)13-6-8-18-9-7-13/h2-9H,10H2,1H3,(H,19,23)(H,21,22). The number of aromatic nitrogens is 1. The van der Waals surface area contributed by atoms with Crippen molar-refractivity contribution in [3.05, 3.63) is 64.9 Å². The van der Waals surface area contributed by atoms with Gasteiger partial charge in [0.25, 0.3) is 11.8 Å². The molecule has 1 heterocycles. The van der Waals surface area contributed by atoms with Gasteiger partial charge in [-0.1, -0.05) is 23.7 Å². The fourth-order valence-electron chi connectivity index (χ4n) is 1.71. The van der Waals surface area contributed by atoms with E-state index in [2.05, 4.69) is 20.8 Å². The van der Waals surface area contributed by atoms with Crippen molar-refractivity contribution in [3.63, 3.8) is 0 Å². The molecule has 0 unspecified atom stereocenters. The van der Waals surface area contributed by atoms with Gasteiger partial charge < -0.3 is 5.32 Å². The summed E-state index contributed by atoms with van der Waals surface area (Å²) in [6, 6.07) is 10.2. The fourth-order valence-corrected chi connectivity index (χ4v) is 1.83. The zero-order valence-electron chi connectivity index (χ0n) is 12.4. The molecule has 0 aliphatic carbocycles. The monoisotopic (exact) mass is 330 g/mol. The summed E-state index contributed by atoms with van der Waals surface area (Å²) in [6.45, 7) is 1.59. The summed E-state index contributed by atoms with van der Waals surface area (Å²) in [7, 11) is 0. The summed E-state index contributed by atoms with van der Waals surface area (Å²) in [5.41, 5.74) is 4.31. The number of halogens is 1. The number of benzene rings is 1. The Labute approximate surface area is 138 Å². The van der Waals surface area contributed by atoms with E-state index in [0.717, 1.165) is 5.56 Å². The van der Waals surface area contributed by atoms with Gasteiger partial charge in [0.1, 0.15) is 0 Å². The molecule has 6 nitrogen and oxygen atoms in total. The summed E-state index contributed by atoms with van der Waals surface area (Å²) < 4.78 is 0. The molecule has 118 valence electrons. The average Bonchev–Trinajstić information content (AvgIpc) is 2.59. The molecule has 2 rings (SSSR count). The number of pyridine rings is 1. The molecule has 2 N–H and O–H groups in total. The first kappa shape index (κ1) is 16.6. The Morgan fingerprint density at radius 3 is 2.39 bits per heavy atom. The van der Waals surface area contributed by atoms with Crippen molar-refractivity contribution in [3.8, 4) is 0 Å². The molecule has 0 aliphatic heterocycles. The Morgan fingerprint density at radius 1 is 1.09 bits per heavy atom. The van der Waals surface area contributed by atoms with Crippen LogP contribution in [0, 0.1) is 0 Å². The van der Waals surface area contributed by atoms with Crippen LogP contribution in [0.5, 0.6) is 0 Å². The quantitative estimate of drug-likeness (QED) is 0.649. The van der Waals surface area contributed by atoms with E-state index in [0.29, 0.717) is 16.3 Å². The van der Waals surface area contributed by atoms with Gasteiger partial charge in [0, 0.05) is 23.0 Å². The van der Waals surface area contributed by atoms with Crippen molar-refractivity contribution in [2.75, 3.05) is 6.54 Å². The summed E-state index contributed by atoms with van der Waals surface area (Å²) in [5.74, 6) is -0.762. The highest BCUT2D eigenvalue weighted by atomic mass is 35.5. The number of carbonyl (C=O) groups excluding carboxylic acids is 2. The summed E-state index contributed by atoms with van der Waals surface area (Å²) in [4.78, 5) is 27.3. The second kappa shape index (κ2) is 8.05. The lowest BCUT2D eigenvalue weighted by Crippen LogP contribution is -2.35. The maximum absolute atomic E-state index is 11.8. The fraction of sp³-hybridized carbons (Fsp3) is 0.125. The van der Waals surface area contributed by atoms with Crippen LogP contribution in [0.4, 0.5) is 0 Å². The highest BCUT2D eigenvalue weighted by molar-refractivity contribution is 6.30. The molecule has 1 aromatic carbocycles. The van der Waals surface area contributed by atoms with Crippen LogP contribution in [0.1, 0.15) is 22.8 Å². The number of amides is 2. The second-order valence-electron chi connectivity index (χ2n) is 4.66. The number of hydrogen-bond donors (Lipinski definition) is 2. The molecule has 0 fully saturated rings. The van der Waals surface area contributed by atoms with Crippen LogP contribution in [0.15, 0.2) is 53.9 Å². The third kappa shape index (κ3) is 5.19. The van der Waals surface area contributed by atoms with Gasteiger partial charge in [-0.05, 0) is 36.8 Å². The molecule has 0 spiro atoms. The van der Waals surface area contributed by atoms with Crippen LogP contribution < -0.4 is 10.7 Å². The molecule has 1 aromatic heterocycles. The van der Waals surface area contributed by atoms with Gasteiger partial charge in [-0.15, -0.1) is 0 Å². The van der Waals surface area contributed by atoms with Gasteiger partial charge >= 0.3 is 0 Å². The first-order valence-electron chi connectivity index (χ1n) is 6.83. The molecule has 2 amide bonds. The number of carbonyl (C=O) groups is 2. The van der Waals surface area contributed by atoms with Crippen LogP contribution in [0.2, 0.25) is 5.02 Å². The molecule has 0 bridgehead atoms. The highest BCUT2D eigenvalue weighted by Gasteiger charge is 2.07. The van der Waals surface area contributed by atoms with Crippen molar-refractivity contribution in [2.45, 2.75) is 6.92 Å². The molecule has 2 aromatic rings. The zero-order chi connectivity index (χ0) is 16.7. The average molecular weight is 331 g/mol. The number of rotatable bonds is 5. The number of hydrazone groups is 1. The normalized spacial score (nSPS) is 11.0. The van der Waals surface area contributed by atoms with Crippen LogP contribution in [0.25, 0.3) is 0 Å². The molecule has 0 radical (unpaired) electrons. The van der Waals surface area contributed by atoms with Crippen molar-refractivity contribution in [2.24, 2.45) is 5.10 Å². The van der Waals surface area contributed by atoms with E-state index in [-0.39, 0.29) is 12.5 Å². The minimum Gasteiger partial charge on any atom is -0.343 e. The minimum absolute atomic E-state index is 0.168. The van der Waals surface area contributed by atoms with Crippen molar-refractivity contribution in [1.29, 1.82) is 0 Å². The Kier molecular flexibility index (Phi) is 5.82. The summed E-state index contributed by atoms with van der Waals surface area (Å²) in [5, 5.41) is 7.12. The molecular formula is C16H15ClN4O2. The van der Waals surface area contributed by atoms with E-state index in [1.165, 1.54) is 12.4 Å². The molecule has 0 saturated heterocycles. The lowest BCUT2D eigenvalue weighted by atomic mass is 10.1. The predicted octanol–water partition coefficient (Wildman–Crippen LogP) is 2.01. The lowest BCUT2D eigenvalue weighted by Gasteiger charge is -2.05. The molecule has 7 heteroatoms. The third-order valence-corrected chi connectivity index (χ3v) is 3.21. The lowest BCUT2D eigenvalue weighted by molar-refractivity contribution is -0.120. The van der Waals surface area contributed by atoms with E-state index in [4.69, 9.17) is 11.6 Å². The van der Waals surface area contributed by atoms with Gasteiger partial charge in [0.15, 0.2) is 0 Å². The van der Waals surface area contributed by atoms with Gasteiger partial charge in [-0.2, -0.15) is 5.10 Å². The van der Waals surface area contributed by atoms with E-state index in [1.54, 1.807) is 43.3 Å². The van der Waals surface area contributed by atoms with E-state index >= 15 is 0 Å². The van der Waals surface area contributed by atoms with Gasteiger partial charge in [0.05, 0.1) is 12.3 Å². The first-order chi connectivity index (χ1) is 11.1. The van der Waals surface area contributed by atoms with Crippen LogP contribution in [-0.4, -0.2) is 29.1 Å². The first-order valence-corrected chi connectivity index (χ1v) is 7.21. The van der Waals surface area contributed by atoms with Crippen LogP contribution in [0.3, 0.4) is 0 Å². The van der Waals surface area contributed by atoms with Crippen molar-refractivity contribution >= 4 is 29.1 Å². The largest absolute Gasteiger partial charge is 0.343 e. The molecule has 0 atom stereocenters. The molecule has 0 aliphatic rings. The molecule has 0 saturated carbocycles. The Balaban J connectivity index is 1.84.